The molecule has 0 aromatic heterocycles. The van der Waals surface area contributed by atoms with E-state index in [1.165, 1.54) is 43.4 Å². The first-order valence-electron chi connectivity index (χ1n) is 8.26. The molecule has 1 N–H and O–H groups in total. The zero-order valence-electron chi connectivity index (χ0n) is 12.9. The maximum absolute atomic E-state index is 3.58. The third kappa shape index (κ3) is 4.32. The van der Waals surface area contributed by atoms with Gasteiger partial charge in [-0.2, -0.15) is 0 Å². The van der Waals surface area contributed by atoms with Crippen LogP contribution in [-0.4, -0.2) is 23.5 Å². The first kappa shape index (κ1) is 14.1. The summed E-state index contributed by atoms with van der Waals surface area (Å²) in [4.78, 5) is 2.67. The molecule has 3 rings (SSSR count). The summed E-state index contributed by atoms with van der Waals surface area (Å²) in [6, 6.07) is 10.9. The Hall–Kier alpha value is -0.860. The summed E-state index contributed by atoms with van der Waals surface area (Å²) < 4.78 is 0. The number of nitrogens with zero attached hydrogens (tertiary/aromatic N) is 1. The lowest BCUT2D eigenvalue weighted by atomic mass is 10.1. The Balaban J connectivity index is 1.52. The van der Waals surface area contributed by atoms with E-state index in [0.717, 1.165) is 31.1 Å². The van der Waals surface area contributed by atoms with Crippen LogP contribution >= 0.6 is 0 Å². The molecule has 2 fully saturated rings. The highest BCUT2D eigenvalue weighted by Crippen LogP contribution is 2.29. The van der Waals surface area contributed by atoms with Gasteiger partial charge in [-0.1, -0.05) is 38.1 Å². The van der Waals surface area contributed by atoms with E-state index in [9.17, 15) is 0 Å². The molecule has 110 valence electrons. The number of rotatable bonds is 8. The highest BCUT2D eigenvalue weighted by Gasteiger charge is 2.29. The molecule has 2 saturated carbocycles. The molecule has 0 unspecified atom stereocenters. The predicted molar refractivity (Wildman–Crippen MR) is 84.6 cm³/mol. The van der Waals surface area contributed by atoms with E-state index in [1.54, 1.807) is 0 Å². The van der Waals surface area contributed by atoms with Crippen LogP contribution in [0.5, 0.6) is 0 Å². The van der Waals surface area contributed by atoms with Gasteiger partial charge in [-0.05, 0) is 42.7 Å². The van der Waals surface area contributed by atoms with E-state index >= 15 is 0 Å². The lowest BCUT2D eigenvalue weighted by Crippen LogP contribution is -2.29. The van der Waals surface area contributed by atoms with Crippen LogP contribution in [0.15, 0.2) is 24.3 Å². The first-order valence-corrected chi connectivity index (χ1v) is 8.26. The van der Waals surface area contributed by atoms with Crippen molar-refractivity contribution < 1.29 is 0 Å². The molecule has 2 aliphatic rings. The van der Waals surface area contributed by atoms with Gasteiger partial charge in [-0.15, -0.1) is 0 Å². The smallest absolute Gasteiger partial charge is 0.0236 e. The highest BCUT2D eigenvalue weighted by atomic mass is 15.2. The van der Waals surface area contributed by atoms with Gasteiger partial charge in [0, 0.05) is 31.7 Å². The van der Waals surface area contributed by atoms with Crippen molar-refractivity contribution >= 4 is 0 Å². The van der Waals surface area contributed by atoms with Crippen molar-refractivity contribution in [3.8, 4) is 0 Å². The Morgan fingerprint density at radius 3 is 2.25 bits per heavy atom. The van der Waals surface area contributed by atoms with E-state index in [4.69, 9.17) is 0 Å². The SMILES string of the molecule is CC(C)CN(Cc1ccc(CNC2CC2)cc1)C1CC1. The summed E-state index contributed by atoms with van der Waals surface area (Å²) in [6.07, 6.45) is 5.53. The largest absolute Gasteiger partial charge is 0.310 e. The van der Waals surface area contributed by atoms with Crippen LogP contribution in [0, 0.1) is 5.92 Å². The standard InChI is InChI=1S/C18H28N2/c1-14(2)12-20(18-9-10-18)13-16-5-3-15(4-6-16)11-19-17-7-8-17/h3-6,14,17-19H,7-13H2,1-2H3. The maximum Gasteiger partial charge on any atom is 0.0236 e. The zero-order valence-corrected chi connectivity index (χ0v) is 12.9. The van der Waals surface area contributed by atoms with Crippen LogP contribution in [0.3, 0.4) is 0 Å². The van der Waals surface area contributed by atoms with Gasteiger partial charge in [-0.3, -0.25) is 4.90 Å². The average Bonchev–Trinajstić information content (AvgIpc) is 3.28. The van der Waals surface area contributed by atoms with Gasteiger partial charge in [0.05, 0.1) is 0 Å². The highest BCUT2D eigenvalue weighted by molar-refractivity contribution is 5.22. The summed E-state index contributed by atoms with van der Waals surface area (Å²) in [5.41, 5.74) is 2.88. The summed E-state index contributed by atoms with van der Waals surface area (Å²) in [5.74, 6) is 0.762. The molecule has 2 nitrogen and oxygen atoms in total. The van der Waals surface area contributed by atoms with E-state index < -0.39 is 0 Å². The van der Waals surface area contributed by atoms with Crippen LogP contribution < -0.4 is 5.32 Å². The monoisotopic (exact) mass is 272 g/mol. The van der Waals surface area contributed by atoms with Gasteiger partial charge in [0.25, 0.3) is 0 Å². The molecule has 0 spiro atoms. The molecule has 0 amide bonds. The van der Waals surface area contributed by atoms with Gasteiger partial charge in [0.2, 0.25) is 0 Å². The molecule has 0 radical (unpaired) electrons. The van der Waals surface area contributed by atoms with Crippen molar-refractivity contribution in [3.05, 3.63) is 35.4 Å². The van der Waals surface area contributed by atoms with E-state index in [2.05, 4.69) is 48.3 Å². The predicted octanol–water partition coefficient (Wildman–Crippen LogP) is 3.56. The second-order valence-electron chi connectivity index (χ2n) is 7.03. The second kappa shape index (κ2) is 6.28. The molecule has 2 heteroatoms. The van der Waals surface area contributed by atoms with Gasteiger partial charge in [0.15, 0.2) is 0 Å². The number of hydrogen-bond acceptors (Lipinski definition) is 2. The van der Waals surface area contributed by atoms with Crippen molar-refractivity contribution in [2.45, 2.75) is 64.7 Å². The van der Waals surface area contributed by atoms with Crippen molar-refractivity contribution in [1.82, 2.24) is 10.2 Å². The summed E-state index contributed by atoms with van der Waals surface area (Å²) in [5, 5.41) is 3.58. The molecule has 1 aromatic carbocycles. The Labute approximate surface area is 123 Å². The van der Waals surface area contributed by atoms with Gasteiger partial charge in [0.1, 0.15) is 0 Å². The molecule has 1 aromatic rings. The Kier molecular flexibility index (Phi) is 4.42. The quantitative estimate of drug-likeness (QED) is 0.778. The van der Waals surface area contributed by atoms with Crippen LogP contribution in [0.4, 0.5) is 0 Å². The Morgan fingerprint density at radius 2 is 1.70 bits per heavy atom. The van der Waals surface area contributed by atoms with Gasteiger partial charge >= 0.3 is 0 Å². The number of benzene rings is 1. The minimum absolute atomic E-state index is 0.762. The zero-order chi connectivity index (χ0) is 13.9. The minimum Gasteiger partial charge on any atom is -0.310 e. The average molecular weight is 272 g/mol. The summed E-state index contributed by atoms with van der Waals surface area (Å²) >= 11 is 0. The molecule has 2 aliphatic carbocycles. The maximum atomic E-state index is 3.58. The third-order valence-corrected chi connectivity index (χ3v) is 4.24. The molecular weight excluding hydrogens is 244 g/mol. The van der Waals surface area contributed by atoms with Crippen molar-refractivity contribution in [1.29, 1.82) is 0 Å². The fourth-order valence-electron chi connectivity index (χ4n) is 2.80. The molecule has 0 saturated heterocycles. The molecule has 20 heavy (non-hydrogen) atoms. The van der Waals surface area contributed by atoms with E-state index in [0.29, 0.717) is 0 Å². The first-order chi connectivity index (χ1) is 9.70. The fourth-order valence-corrected chi connectivity index (χ4v) is 2.80. The van der Waals surface area contributed by atoms with Crippen molar-refractivity contribution in [2.24, 2.45) is 5.92 Å². The van der Waals surface area contributed by atoms with Crippen LogP contribution in [0.25, 0.3) is 0 Å². The molecule has 0 heterocycles. The van der Waals surface area contributed by atoms with E-state index in [1.807, 2.05) is 0 Å². The third-order valence-electron chi connectivity index (χ3n) is 4.24. The number of nitrogens with one attached hydrogen (secondary N) is 1. The van der Waals surface area contributed by atoms with Crippen LogP contribution in [-0.2, 0) is 13.1 Å². The summed E-state index contributed by atoms with van der Waals surface area (Å²) in [6.45, 7) is 8.03. The van der Waals surface area contributed by atoms with Crippen LogP contribution in [0.2, 0.25) is 0 Å². The topological polar surface area (TPSA) is 15.3 Å². The van der Waals surface area contributed by atoms with Crippen LogP contribution in [0.1, 0.15) is 50.7 Å². The second-order valence-corrected chi connectivity index (χ2v) is 7.03. The molecule has 0 bridgehead atoms. The Bertz CT molecular complexity index is 416. The number of hydrogen-bond donors (Lipinski definition) is 1. The van der Waals surface area contributed by atoms with Crippen molar-refractivity contribution in [2.75, 3.05) is 6.54 Å². The Morgan fingerprint density at radius 1 is 1.05 bits per heavy atom. The fraction of sp³-hybridized carbons (Fsp3) is 0.667. The van der Waals surface area contributed by atoms with Crippen molar-refractivity contribution in [3.63, 3.8) is 0 Å². The lowest BCUT2D eigenvalue weighted by Gasteiger charge is -2.24. The van der Waals surface area contributed by atoms with Gasteiger partial charge < -0.3 is 5.32 Å². The molecule has 0 atom stereocenters. The van der Waals surface area contributed by atoms with E-state index in [-0.39, 0.29) is 0 Å². The molecule has 0 aliphatic heterocycles. The normalized spacial score (nSPS) is 19.0. The summed E-state index contributed by atoms with van der Waals surface area (Å²) in [7, 11) is 0. The lowest BCUT2D eigenvalue weighted by molar-refractivity contribution is 0.226. The minimum atomic E-state index is 0.762. The van der Waals surface area contributed by atoms with Gasteiger partial charge in [-0.25, -0.2) is 0 Å². The molecular formula is C18H28N2.